The summed E-state index contributed by atoms with van der Waals surface area (Å²) in [6, 6.07) is 5.50. The molecule has 1 heterocycles. The minimum absolute atomic E-state index is 0.163. The summed E-state index contributed by atoms with van der Waals surface area (Å²) in [6.07, 6.45) is 1.10. The summed E-state index contributed by atoms with van der Waals surface area (Å²) in [4.78, 5) is 7.84. The van der Waals surface area contributed by atoms with Crippen molar-refractivity contribution in [3.05, 3.63) is 42.1 Å². The highest BCUT2D eigenvalue weighted by molar-refractivity contribution is 5.60. The SMILES string of the molecule is CCNc1ncc(F)c(-c2ccc(F)cc2)n1. The van der Waals surface area contributed by atoms with Crippen LogP contribution in [0, 0.1) is 11.6 Å². The maximum Gasteiger partial charge on any atom is 0.223 e. The van der Waals surface area contributed by atoms with Gasteiger partial charge in [-0.3, -0.25) is 0 Å². The van der Waals surface area contributed by atoms with E-state index in [9.17, 15) is 8.78 Å². The van der Waals surface area contributed by atoms with Gasteiger partial charge < -0.3 is 5.32 Å². The fourth-order valence-corrected chi connectivity index (χ4v) is 1.42. The lowest BCUT2D eigenvalue weighted by Crippen LogP contribution is -2.04. The molecule has 0 saturated heterocycles. The van der Waals surface area contributed by atoms with Crippen LogP contribution in [-0.2, 0) is 0 Å². The normalized spacial score (nSPS) is 10.3. The van der Waals surface area contributed by atoms with E-state index in [4.69, 9.17) is 0 Å². The molecule has 0 atom stereocenters. The summed E-state index contributed by atoms with van der Waals surface area (Å²) in [7, 11) is 0. The van der Waals surface area contributed by atoms with Gasteiger partial charge in [0.15, 0.2) is 5.82 Å². The molecule has 5 heteroatoms. The maximum absolute atomic E-state index is 13.5. The van der Waals surface area contributed by atoms with Crippen molar-refractivity contribution >= 4 is 5.95 Å². The lowest BCUT2D eigenvalue weighted by molar-refractivity contribution is 0.617. The average Bonchev–Trinajstić information content (AvgIpc) is 2.33. The third-order valence-electron chi connectivity index (χ3n) is 2.20. The monoisotopic (exact) mass is 235 g/mol. The Morgan fingerprint density at radius 3 is 2.53 bits per heavy atom. The molecule has 1 N–H and O–H groups in total. The zero-order valence-corrected chi connectivity index (χ0v) is 9.24. The van der Waals surface area contributed by atoms with Gasteiger partial charge in [0, 0.05) is 12.1 Å². The second kappa shape index (κ2) is 4.86. The molecule has 2 rings (SSSR count). The van der Waals surface area contributed by atoms with Gasteiger partial charge in [0.05, 0.1) is 6.20 Å². The van der Waals surface area contributed by atoms with Crippen LogP contribution in [-0.4, -0.2) is 16.5 Å². The van der Waals surface area contributed by atoms with E-state index in [0.29, 0.717) is 18.1 Å². The molecule has 0 unspecified atom stereocenters. The number of nitrogens with one attached hydrogen (secondary N) is 1. The molecule has 1 aromatic heterocycles. The Bertz CT molecular complexity index is 512. The highest BCUT2D eigenvalue weighted by Crippen LogP contribution is 2.21. The first-order chi connectivity index (χ1) is 8.20. The minimum atomic E-state index is -0.529. The van der Waals surface area contributed by atoms with Crippen LogP contribution >= 0.6 is 0 Å². The molecule has 0 amide bonds. The smallest absolute Gasteiger partial charge is 0.223 e. The number of halogens is 2. The molecule has 88 valence electrons. The van der Waals surface area contributed by atoms with Gasteiger partial charge in [-0.15, -0.1) is 0 Å². The summed E-state index contributed by atoms with van der Waals surface area (Å²) in [6.45, 7) is 2.54. The number of hydrogen-bond acceptors (Lipinski definition) is 3. The molecular weight excluding hydrogens is 224 g/mol. The fraction of sp³-hybridized carbons (Fsp3) is 0.167. The van der Waals surface area contributed by atoms with Crippen molar-refractivity contribution in [2.24, 2.45) is 0 Å². The molecule has 0 spiro atoms. The Balaban J connectivity index is 2.42. The number of hydrogen-bond donors (Lipinski definition) is 1. The van der Waals surface area contributed by atoms with E-state index in [1.807, 2.05) is 6.92 Å². The first-order valence-corrected chi connectivity index (χ1v) is 5.23. The van der Waals surface area contributed by atoms with Crippen LogP contribution in [0.3, 0.4) is 0 Å². The van der Waals surface area contributed by atoms with Crippen LogP contribution in [0.4, 0.5) is 14.7 Å². The molecule has 0 fully saturated rings. The Morgan fingerprint density at radius 1 is 1.18 bits per heavy atom. The van der Waals surface area contributed by atoms with Crippen molar-refractivity contribution in [3.63, 3.8) is 0 Å². The molecule has 1 aromatic carbocycles. The predicted octanol–water partition coefficient (Wildman–Crippen LogP) is 2.85. The maximum atomic E-state index is 13.5. The van der Waals surface area contributed by atoms with E-state index < -0.39 is 5.82 Å². The summed E-state index contributed by atoms with van der Waals surface area (Å²) < 4.78 is 26.3. The topological polar surface area (TPSA) is 37.8 Å². The number of nitrogens with zero attached hydrogens (tertiary/aromatic N) is 2. The Kier molecular flexibility index (Phi) is 3.27. The quantitative estimate of drug-likeness (QED) is 0.888. The molecule has 3 nitrogen and oxygen atoms in total. The van der Waals surface area contributed by atoms with Crippen molar-refractivity contribution < 1.29 is 8.78 Å². The predicted molar refractivity (Wildman–Crippen MR) is 61.5 cm³/mol. The van der Waals surface area contributed by atoms with Crippen molar-refractivity contribution in [3.8, 4) is 11.3 Å². The number of aromatic nitrogens is 2. The van der Waals surface area contributed by atoms with E-state index in [1.54, 1.807) is 0 Å². The van der Waals surface area contributed by atoms with Crippen LogP contribution < -0.4 is 5.32 Å². The van der Waals surface area contributed by atoms with Crippen LogP contribution in [0.5, 0.6) is 0 Å². The van der Waals surface area contributed by atoms with Gasteiger partial charge in [0.25, 0.3) is 0 Å². The third-order valence-corrected chi connectivity index (χ3v) is 2.20. The van der Waals surface area contributed by atoms with Gasteiger partial charge in [-0.1, -0.05) is 0 Å². The van der Waals surface area contributed by atoms with Gasteiger partial charge in [-0.05, 0) is 31.2 Å². The van der Waals surface area contributed by atoms with Crippen LogP contribution in [0.1, 0.15) is 6.92 Å². The molecule has 0 bridgehead atoms. The molecule has 2 aromatic rings. The van der Waals surface area contributed by atoms with Crippen molar-refractivity contribution in [1.29, 1.82) is 0 Å². The third kappa shape index (κ3) is 2.55. The zero-order valence-electron chi connectivity index (χ0n) is 9.24. The van der Waals surface area contributed by atoms with Gasteiger partial charge in [0.2, 0.25) is 5.95 Å². The lowest BCUT2D eigenvalue weighted by atomic mass is 10.1. The highest BCUT2D eigenvalue weighted by atomic mass is 19.1. The second-order valence-corrected chi connectivity index (χ2v) is 3.43. The summed E-state index contributed by atoms with van der Waals surface area (Å²) in [5, 5.41) is 2.89. The van der Waals surface area contributed by atoms with Crippen LogP contribution in [0.25, 0.3) is 11.3 Å². The molecule has 0 aliphatic heterocycles. The lowest BCUT2D eigenvalue weighted by Gasteiger charge is -2.05. The second-order valence-electron chi connectivity index (χ2n) is 3.43. The largest absolute Gasteiger partial charge is 0.354 e. The number of benzene rings is 1. The van der Waals surface area contributed by atoms with Gasteiger partial charge in [-0.2, -0.15) is 0 Å². The van der Waals surface area contributed by atoms with Crippen molar-refractivity contribution in [2.45, 2.75) is 6.92 Å². The summed E-state index contributed by atoms with van der Waals surface area (Å²) in [5.74, 6) is -0.540. The standard InChI is InChI=1S/C12H11F2N3/c1-2-15-12-16-7-10(14)11(17-12)8-3-5-9(13)6-4-8/h3-7H,2H2,1H3,(H,15,16,17). The van der Waals surface area contributed by atoms with Gasteiger partial charge >= 0.3 is 0 Å². The number of anilines is 1. The van der Waals surface area contributed by atoms with E-state index in [1.165, 1.54) is 24.3 Å². The Hall–Kier alpha value is -2.04. The fourth-order valence-electron chi connectivity index (χ4n) is 1.42. The van der Waals surface area contributed by atoms with E-state index >= 15 is 0 Å². The summed E-state index contributed by atoms with van der Waals surface area (Å²) >= 11 is 0. The van der Waals surface area contributed by atoms with Gasteiger partial charge in [-0.25, -0.2) is 18.7 Å². The molecule has 0 aliphatic rings. The molecule has 0 aliphatic carbocycles. The zero-order chi connectivity index (χ0) is 12.3. The molecule has 0 radical (unpaired) electrons. The van der Waals surface area contributed by atoms with E-state index in [-0.39, 0.29) is 11.5 Å². The Morgan fingerprint density at radius 2 is 1.88 bits per heavy atom. The van der Waals surface area contributed by atoms with Crippen molar-refractivity contribution in [1.82, 2.24) is 9.97 Å². The highest BCUT2D eigenvalue weighted by Gasteiger charge is 2.09. The van der Waals surface area contributed by atoms with E-state index in [2.05, 4.69) is 15.3 Å². The Labute approximate surface area is 97.5 Å². The molecule has 17 heavy (non-hydrogen) atoms. The number of rotatable bonds is 3. The van der Waals surface area contributed by atoms with Gasteiger partial charge in [0.1, 0.15) is 11.5 Å². The average molecular weight is 235 g/mol. The van der Waals surface area contributed by atoms with E-state index in [0.717, 1.165) is 6.20 Å². The minimum Gasteiger partial charge on any atom is -0.354 e. The van der Waals surface area contributed by atoms with Crippen LogP contribution in [0.2, 0.25) is 0 Å². The molecule has 0 saturated carbocycles. The summed E-state index contributed by atoms with van der Waals surface area (Å²) in [5.41, 5.74) is 0.682. The first kappa shape index (κ1) is 11.4. The van der Waals surface area contributed by atoms with Crippen LogP contribution in [0.15, 0.2) is 30.5 Å². The van der Waals surface area contributed by atoms with Crippen molar-refractivity contribution in [2.75, 3.05) is 11.9 Å². The first-order valence-electron chi connectivity index (χ1n) is 5.23. The molecular formula is C12H11F2N3.